The van der Waals surface area contributed by atoms with Gasteiger partial charge in [-0.2, -0.15) is 0 Å². The number of aromatic nitrogens is 2. The van der Waals surface area contributed by atoms with Gasteiger partial charge < -0.3 is 9.73 Å². The molecule has 0 bridgehead atoms. The molecule has 3 rings (SSSR count). The number of thioether (sulfide) groups is 1. The van der Waals surface area contributed by atoms with Crippen LogP contribution in [0, 0.1) is 0 Å². The lowest BCUT2D eigenvalue weighted by Crippen LogP contribution is -2.14. The van der Waals surface area contributed by atoms with Crippen LogP contribution in [-0.4, -0.2) is 21.9 Å². The number of carbonyl (C=O) groups is 1. The van der Waals surface area contributed by atoms with Crippen molar-refractivity contribution in [2.24, 2.45) is 0 Å². The molecule has 0 aliphatic heterocycles. The highest BCUT2D eigenvalue weighted by molar-refractivity contribution is 9.10. The normalized spacial score (nSPS) is 10.8. The van der Waals surface area contributed by atoms with Crippen molar-refractivity contribution in [1.82, 2.24) is 10.2 Å². The summed E-state index contributed by atoms with van der Waals surface area (Å²) in [5.74, 6) is 0.116. The predicted molar refractivity (Wildman–Crippen MR) is 108 cm³/mol. The van der Waals surface area contributed by atoms with E-state index in [1.54, 1.807) is 0 Å². The van der Waals surface area contributed by atoms with Crippen molar-refractivity contribution in [2.75, 3.05) is 11.1 Å². The zero-order valence-corrected chi connectivity index (χ0v) is 17.5. The maximum Gasteiger partial charge on any atom is 0.277 e. The molecule has 1 heterocycles. The summed E-state index contributed by atoms with van der Waals surface area (Å²) in [7, 11) is 0. The van der Waals surface area contributed by atoms with Crippen LogP contribution < -0.4 is 5.32 Å². The van der Waals surface area contributed by atoms with Crippen LogP contribution in [0.2, 0.25) is 15.1 Å². The molecule has 0 aliphatic carbocycles. The van der Waals surface area contributed by atoms with E-state index in [1.165, 1.54) is 12.1 Å². The average molecular weight is 494 g/mol. The number of hydrogen-bond donors (Lipinski definition) is 1. The van der Waals surface area contributed by atoms with E-state index >= 15 is 0 Å². The first-order chi connectivity index (χ1) is 12.4. The molecule has 0 saturated carbocycles. The van der Waals surface area contributed by atoms with Gasteiger partial charge >= 0.3 is 0 Å². The Labute approximate surface area is 176 Å². The Hall–Kier alpha value is -1.25. The highest BCUT2D eigenvalue weighted by Crippen LogP contribution is 2.34. The van der Waals surface area contributed by atoms with Gasteiger partial charge in [-0.3, -0.25) is 4.79 Å². The number of nitrogens with zero attached hydrogens (tertiary/aromatic N) is 2. The molecule has 1 amide bonds. The number of benzene rings is 2. The molecule has 5 nitrogen and oxygen atoms in total. The number of hydrogen-bond acceptors (Lipinski definition) is 5. The van der Waals surface area contributed by atoms with Gasteiger partial charge in [-0.25, -0.2) is 0 Å². The lowest BCUT2D eigenvalue weighted by Gasteiger charge is -2.09. The molecule has 0 saturated heterocycles. The molecular weight excluding hydrogens is 485 g/mol. The molecule has 2 aromatic carbocycles. The first-order valence-corrected chi connectivity index (χ1v) is 10.0. The summed E-state index contributed by atoms with van der Waals surface area (Å²) in [6, 6.07) is 10.5. The first-order valence-electron chi connectivity index (χ1n) is 7.09. The fraction of sp³-hybridized carbons (Fsp3) is 0.0625. The van der Waals surface area contributed by atoms with Gasteiger partial charge in [-0.05, 0) is 36.4 Å². The fourth-order valence-electron chi connectivity index (χ4n) is 1.94. The summed E-state index contributed by atoms with van der Waals surface area (Å²) in [5, 5.41) is 11.7. The number of amides is 1. The summed E-state index contributed by atoms with van der Waals surface area (Å²) >= 11 is 22.4. The molecule has 0 spiro atoms. The van der Waals surface area contributed by atoms with Crippen molar-refractivity contribution in [2.45, 2.75) is 5.22 Å². The van der Waals surface area contributed by atoms with Crippen molar-refractivity contribution in [3.63, 3.8) is 0 Å². The van der Waals surface area contributed by atoms with Gasteiger partial charge in [0, 0.05) is 15.1 Å². The van der Waals surface area contributed by atoms with E-state index < -0.39 is 0 Å². The lowest BCUT2D eigenvalue weighted by atomic mass is 10.2. The second kappa shape index (κ2) is 8.63. The SMILES string of the molecule is O=C(CSc1nnc(-c2ccc(Br)cc2)o1)Nc1c(Cl)cc(Cl)cc1Cl. The van der Waals surface area contributed by atoms with E-state index in [0.717, 1.165) is 21.8 Å². The number of rotatable bonds is 5. The molecule has 0 fully saturated rings. The molecule has 0 aliphatic rings. The Kier molecular flexibility index (Phi) is 6.47. The van der Waals surface area contributed by atoms with Crippen molar-refractivity contribution in [3.05, 3.63) is 55.9 Å². The molecule has 10 heteroatoms. The van der Waals surface area contributed by atoms with Gasteiger partial charge in [0.25, 0.3) is 5.22 Å². The van der Waals surface area contributed by atoms with Gasteiger partial charge in [-0.1, -0.05) is 62.5 Å². The van der Waals surface area contributed by atoms with E-state index in [2.05, 4.69) is 31.4 Å². The molecule has 1 aromatic heterocycles. The summed E-state index contributed by atoms with van der Waals surface area (Å²) < 4.78 is 6.50. The maximum atomic E-state index is 12.1. The highest BCUT2D eigenvalue weighted by Gasteiger charge is 2.14. The Morgan fingerprint density at radius 2 is 1.77 bits per heavy atom. The van der Waals surface area contributed by atoms with Crippen LogP contribution in [0.25, 0.3) is 11.5 Å². The largest absolute Gasteiger partial charge is 0.411 e. The summed E-state index contributed by atoms with van der Waals surface area (Å²) in [6.45, 7) is 0. The third kappa shape index (κ3) is 4.92. The molecule has 134 valence electrons. The zero-order valence-electron chi connectivity index (χ0n) is 12.8. The van der Waals surface area contributed by atoms with Crippen LogP contribution >= 0.6 is 62.5 Å². The lowest BCUT2D eigenvalue weighted by molar-refractivity contribution is -0.113. The molecule has 3 aromatic rings. The van der Waals surface area contributed by atoms with Crippen molar-refractivity contribution in [3.8, 4) is 11.5 Å². The Bertz CT molecular complexity index is 927. The van der Waals surface area contributed by atoms with Gasteiger partial charge in [0.15, 0.2) is 0 Å². The van der Waals surface area contributed by atoms with Crippen LogP contribution in [0.1, 0.15) is 0 Å². The Morgan fingerprint density at radius 3 is 2.42 bits per heavy atom. The molecule has 0 radical (unpaired) electrons. The summed E-state index contributed by atoms with van der Waals surface area (Å²) in [6.07, 6.45) is 0. The summed E-state index contributed by atoms with van der Waals surface area (Å²) in [5.41, 5.74) is 1.10. The van der Waals surface area contributed by atoms with Gasteiger partial charge in [0.2, 0.25) is 11.8 Å². The molecule has 0 atom stereocenters. The van der Waals surface area contributed by atoms with Gasteiger partial charge in [0.05, 0.1) is 21.5 Å². The van der Waals surface area contributed by atoms with E-state index in [9.17, 15) is 4.79 Å². The molecule has 26 heavy (non-hydrogen) atoms. The number of halogens is 4. The van der Waals surface area contributed by atoms with Crippen LogP contribution in [0.3, 0.4) is 0 Å². The van der Waals surface area contributed by atoms with Crippen molar-refractivity contribution < 1.29 is 9.21 Å². The van der Waals surface area contributed by atoms with Crippen molar-refractivity contribution >= 4 is 74.1 Å². The van der Waals surface area contributed by atoms with Crippen LogP contribution in [-0.2, 0) is 4.79 Å². The quantitative estimate of drug-likeness (QED) is 0.429. The number of anilines is 1. The average Bonchev–Trinajstić information content (AvgIpc) is 3.06. The molecular formula is C16H9BrCl3N3O2S. The Morgan fingerprint density at radius 1 is 1.12 bits per heavy atom. The third-order valence-corrected chi connectivity index (χ3v) is 5.26. The van der Waals surface area contributed by atoms with E-state index in [1.807, 2.05) is 24.3 Å². The van der Waals surface area contributed by atoms with Crippen LogP contribution in [0.5, 0.6) is 0 Å². The topological polar surface area (TPSA) is 68.0 Å². The number of nitrogens with one attached hydrogen (secondary N) is 1. The Balaban J connectivity index is 1.61. The second-order valence-electron chi connectivity index (χ2n) is 4.96. The minimum atomic E-state index is -0.315. The fourth-order valence-corrected chi connectivity index (χ4v) is 3.68. The third-order valence-electron chi connectivity index (χ3n) is 3.10. The predicted octanol–water partition coefficient (Wildman–Crippen LogP) is 6.19. The smallest absolute Gasteiger partial charge is 0.277 e. The van der Waals surface area contributed by atoms with Crippen LogP contribution in [0.15, 0.2) is 50.5 Å². The monoisotopic (exact) mass is 491 g/mol. The summed E-state index contributed by atoms with van der Waals surface area (Å²) in [4.78, 5) is 12.1. The minimum absolute atomic E-state index is 0.0528. The molecule has 0 unspecified atom stereocenters. The number of carbonyl (C=O) groups excluding carboxylic acids is 1. The first kappa shape index (κ1) is 19.5. The minimum Gasteiger partial charge on any atom is -0.411 e. The second-order valence-corrected chi connectivity index (χ2v) is 8.05. The zero-order chi connectivity index (χ0) is 18.7. The highest BCUT2D eigenvalue weighted by atomic mass is 79.9. The van der Waals surface area contributed by atoms with Gasteiger partial charge in [0.1, 0.15) is 0 Å². The standard InChI is InChI=1S/C16H9BrCl3N3O2S/c17-9-3-1-8(2-4-9)15-22-23-16(25-15)26-7-13(24)21-14-11(19)5-10(18)6-12(14)20/h1-6H,7H2,(H,21,24). The molecule has 1 N–H and O–H groups in total. The van der Waals surface area contributed by atoms with E-state index in [0.29, 0.717) is 16.6 Å². The maximum absolute atomic E-state index is 12.1. The van der Waals surface area contributed by atoms with E-state index in [4.69, 9.17) is 39.2 Å². The van der Waals surface area contributed by atoms with Crippen molar-refractivity contribution in [1.29, 1.82) is 0 Å². The van der Waals surface area contributed by atoms with Gasteiger partial charge in [-0.15, -0.1) is 10.2 Å². The van der Waals surface area contributed by atoms with Crippen LogP contribution in [0.4, 0.5) is 5.69 Å². The van der Waals surface area contributed by atoms with E-state index in [-0.39, 0.29) is 26.9 Å².